The summed E-state index contributed by atoms with van der Waals surface area (Å²) in [5, 5.41) is 8.60. The zero-order chi connectivity index (χ0) is 14.6. The molecule has 20 heavy (non-hydrogen) atoms. The molecule has 2 N–H and O–H groups in total. The first kappa shape index (κ1) is 15.3. The minimum Gasteiger partial charge on any atom is -0.478 e. The quantitative estimate of drug-likeness (QED) is 0.847. The average Bonchev–Trinajstić information content (AvgIpc) is 2.46. The van der Waals surface area contributed by atoms with Gasteiger partial charge in [0.15, 0.2) is 5.03 Å². The molecule has 0 aromatic carbocycles. The molecule has 0 spiro atoms. The van der Waals surface area contributed by atoms with Crippen molar-refractivity contribution >= 4 is 27.8 Å². The molecule has 110 valence electrons. The van der Waals surface area contributed by atoms with Crippen molar-refractivity contribution < 1.29 is 18.3 Å². The first-order chi connectivity index (χ1) is 9.49. The highest BCUT2D eigenvalue weighted by molar-refractivity contribution is 7.99. The fourth-order valence-corrected chi connectivity index (χ4v) is 4.16. The van der Waals surface area contributed by atoms with Crippen molar-refractivity contribution in [3.05, 3.63) is 23.9 Å². The summed E-state index contributed by atoms with van der Waals surface area (Å²) < 4.78 is 26.6. The van der Waals surface area contributed by atoms with E-state index in [1.807, 2.05) is 11.8 Å². The average molecular weight is 316 g/mol. The Hall–Kier alpha value is -1.12. The number of hydrogen-bond donors (Lipinski definition) is 2. The Morgan fingerprint density at radius 1 is 1.40 bits per heavy atom. The normalized spacial score (nSPS) is 17.0. The minimum atomic E-state index is -3.66. The van der Waals surface area contributed by atoms with Gasteiger partial charge in [-0.05, 0) is 42.4 Å². The van der Waals surface area contributed by atoms with Gasteiger partial charge < -0.3 is 5.11 Å². The highest BCUT2D eigenvalue weighted by Crippen LogP contribution is 2.22. The molecule has 8 heteroatoms. The molecule has 0 amide bonds. The molecule has 0 radical (unpaired) electrons. The van der Waals surface area contributed by atoms with Crippen molar-refractivity contribution in [2.75, 3.05) is 18.1 Å². The number of carboxylic acid groups (broad SMARTS) is 1. The Balaban J connectivity index is 2.00. The number of nitrogens with zero attached hydrogens (tertiary/aromatic N) is 1. The molecule has 0 aliphatic carbocycles. The number of aromatic carboxylic acids is 1. The van der Waals surface area contributed by atoms with Crippen LogP contribution in [0.1, 0.15) is 23.2 Å². The number of pyridine rings is 1. The second-order valence-electron chi connectivity index (χ2n) is 4.60. The van der Waals surface area contributed by atoms with E-state index in [-0.39, 0.29) is 10.6 Å². The van der Waals surface area contributed by atoms with Gasteiger partial charge in [0.25, 0.3) is 10.0 Å². The van der Waals surface area contributed by atoms with Crippen molar-refractivity contribution in [1.82, 2.24) is 9.71 Å². The van der Waals surface area contributed by atoms with Crippen molar-refractivity contribution in [2.45, 2.75) is 17.9 Å². The molecular formula is C12H16N2O4S2. The highest BCUT2D eigenvalue weighted by Gasteiger charge is 2.20. The van der Waals surface area contributed by atoms with E-state index in [1.165, 1.54) is 12.1 Å². The molecule has 1 aromatic heterocycles. The fourth-order valence-electron chi connectivity index (χ4n) is 1.92. The number of sulfonamides is 1. The van der Waals surface area contributed by atoms with Gasteiger partial charge in [-0.2, -0.15) is 11.8 Å². The van der Waals surface area contributed by atoms with E-state index in [2.05, 4.69) is 9.71 Å². The van der Waals surface area contributed by atoms with Crippen LogP contribution in [0.15, 0.2) is 23.4 Å². The Kier molecular flexibility index (Phi) is 5.00. The van der Waals surface area contributed by atoms with Gasteiger partial charge in [-0.15, -0.1) is 0 Å². The molecule has 1 saturated heterocycles. The van der Waals surface area contributed by atoms with E-state index in [4.69, 9.17) is 5.11 Å². The third-order valence-electron chi connectivity index (χ3n) is 3.16. The van der Waals surface area contributed by atoms with Crippen LogP contribution >= 0.6 is 11.8 Å². The van der Waals surface area contributed by atoms with Crippen LogP contribution in [-0.2, 0) is 10.0 Å². The summed E-state index contributed by atoms with van der Waals surface area (Å²) in [7, 11) is -3.66. The first-order valence-corrected chi connectivity index (χ1v) is 8.89. The van der Waals surface area contributed by atoms with Gasteiger partial charge in [0.2, 0.25) is 0 Å². The van der Waals surface area contributed by atoms with E-state index in [0.29, 0.717) is 12.5 Å². The molecule has 0 atom stereocenters. The highest BCUT2D eigenvalue weighted by atomic mass is 32.2. The number of rotatable bonds is 5. The Bertz CT molecular complexity index is 566. The van der Waals surface area contributed by atoms with Crippen molar-refractivity contribution in [3.8, 4) is 0 Å². The number of hydrogen-bond acceptors (Lipinski definition) is 5. The third-order valence-corrected chi connectivity index (χ3v) is 5.55. The number of carboxylic acids is 1. The van der Waals surface area contributed by atoms with Crippen molar-refractivity contribution in [1.29, 1.82) is 0 Å². The van der Waals surface area contributed by atoms with Crippen molar-refractivity contribution in [2.24, 2.45) is 5.92 Å². The Morgan fingerprint density at radius 2 is 2.10 bits per heavy atom. The van der Waals surface area contributed by atoms with E-state index < -0.39 is 16.0 Å². The van der Waals surface area contributed by atoms with Gasteiger partial charge in [-0.1, -0.05) is 0 Å². The summed E-state index contributed by atoms with van der Waals surface area (Å²) in [6, 6.07) is 2.45. The van der Waals surface area contributed by atoms with E-state index in [1.54, 1.807) is 0 Å². The van der Waals surface area contributed by atoms with Gasteiger partial charge in [-0.25, -0.2) is 22.9 Å². The minimum absolute atomic E-state index is 0.0340. The molecule has 1 fully saturated rings. The monoisotopic (exact) mass is 316 g/mol. The number of aromatic nitrogens is 1. The lowest BCUT2D eigenvalue weighted by Gasteiger charge is -2.21. The summed E-state index contributed by atoms with van der Waals surface area (Å²) in [6.45, 7) is 0.408. The van der Waals surface area contributed by atoms with Gasteiger partial charge in [-0.3, -0.25) is 0 Å². The van der Waals surface area contributed by atoms with Crippen LogP contribution < -0.4 is 4.72 Å². The predicted octanol–water partition coefficient (Wildman–Crippen LogP) is 1.20. The number of thioether (sulfide) groups is 1. The lowest BCUT2D eigenvalue weighted by Crippen LogP contribution is -2.31. The second-order valence-corrected chi connectivity index (χ2v) is 7.54. The zero-order valence-electron chi connectivity index (χ0n) is 10.8. The maximum absolute atomic E-state index is 12.0. The molecule has 2 rings (SSSR count). The molecular weight excluding hydrogens is 300 g/mol. The Morgan fingerprint density at radius 3 is 2.65 bits per heavy atom. The van der Waals surface area contributed by atoms with Crippen LogP contribution in [0.25, 0.3) is 0 Å². The smallest absolute Gasteiger partial charge is 0.337 e. The van der Waals surface area contributed by atoms with Gasteiger partial charge in [0, 0.05) is 12.7 Å². The van der Waals surface area contributed by atoms with Crippen LogP contribution in [0.5, 0.6) is 0 Å². The molecule has 0 bridgehead atoms. The molecule has 0 unspecified atom stereocenters. The van der Waals surface area contributed by atoms with E-state index >= 15 is 0 Å². The SMILES string of the molecule is O=C(O)c1ccc(S(=O)(=O)NCC2CCSCC2)nc1. The van der Waals surface area contributed by atoms with Crippen LogP contribution in [0, 0.1) is 5.92 Å². The maximum Gasteiger partial charge on any atom is 0.337 e. The largest absolute Gasteiger partial charge is 0.478 e. The summed E-state index contributed by atoms with van der Waals surface area (Å²) in [5.41, 5.74) is -0.0340. The molecule has 6 nitrogen and oxygen atoms in total. The van der Waals surface area contributed by atoms with Gasteiger partial charge in [0.05, 0.1) is 5.56 Å². The summed E-state index contributed by atoms with van der Waals surface area (Å²) in [6.07, 6.45) is 3.07. The van der Waals surface area contributed by atoms with E-state index in [9.17, 15) is 13.2 Å². The zero-order valence-corrected chi connectivity index (χ0v) is 12.4. The number of nitrogens with one attached hydrogen (secondary N) is 1. The molecule has 1 aromatic rings. The maximum atomic E-state index is 12.0. The van der Waals surface area contributed by atoms with Crippen LogP contribution in [-0.4, -0.2) is 42.5 Å². The lowest BCUT2D eigenvalue weighted by molar-refractivity contribution is 0.0696. The standard InChI is InChI=1S/C12H16N2O4S2/c15-12(16)10-1-2-11(13-8-10)20(17,18)14-7-9-3-5-19-6-4-9/h1-2,8-9,14H,3-7H2,(H,15,16). The van der Waals surface area contributed by atoms with Crippen LogP contribution in [0.3, 0.4) is 0 Å². The molecule has 1 aliphatic heterocycles. The van der Waals surface area contributed by atoms with Gasteiger partial charge in [0.1, 0.15) is 0 Å². The van der Waals surface area contributed by atoms with E-state index in [0.717, 1.165) is 30.5 Å². The summed E-state index contributed by atoms with van der Waals surface area (Å²) in [4.78, 5) is 14.4. The van der Waals surface area contributed by atoms with Gasteiger partial charge >= 0.3 is 5.97 Å². The fraction of sp³-hybridized carbons (Fsp3) is 0.500. The topological polar surface area (TPSA) is 96.4 Å². The van der Waals surface area contributed by atoms with Crippen LogP contribution in [0.2, 0.25) is 0 Å². The summed E-state index contributed by atoms with van der Waals surface area (Å²) >= 11 is 1.89. The second kappa shape index (κ2) is 6.55. The van der Waals surface area contributed by atoms with Crippen molar-refractivity contribution in [3.63, 3.8) is 0 Å². The third kappa shape index (κ3) is 3.94. The first-order valence-electron chi connectivity index (χ1n) is 6.26. The molecule has 0 saturated carbocycles. The molecule has 1 aliphatic rings. The lowest BCUT2D eigenvalue weighted by atomic mass is 10.0. The predicted molar refractivity (Wildman–Crippen MR) is 76.4 cm³/mol. The summed E-state index contributed by atoms with van der Waals surface area (Å²) in [5.74, 6) is 1.37. The van der Waals surface area contributed by atoms with Crippen LogP contribution in [0.4, 0.5) is 0 Å². The number of carbonyl (C=O) groups is 1. The Labute approximate surface area is 122 Å². The molecule has 2 heterocycles.